The molecule has 0 saturated carbocycles. The van der Waals surface area contributed by atoms with E-state index in [0.29, 0.717) is 0 Å². The van der Waals surface area contributed by atoms with E-state index in [2.05, 4.69) is 58.1 Å². The SMILES string of the molecule is CC(C)(C)[Si](C)(C)O[C@H](/C=C/OBO)CCc1ccccc1. The fourth-order valence-electron chi connectivity index (χ4n) is 1.89. The Balaban J connectivity index is 2.71. The molecule has 1 rings (SSSR count). The van der Waals surface area contributed by atoms with Gasteiger partial charge in [0.15, 0.2) is 8.32 Å². The van der Waals surface area contributed by atoms with E-state index in [-0.39, 0.29) is 18.8 Å². The van der Waals surface area contributed by atoms with E-state index in [9.17, 15) is 0 Å². The standard InChI is InChI=1S/C17H29BO3Si/c1-17(2,3)22(4,5)21-16(13-14-20-18-19)12-11-15-9-7-6-8-10-15/h6-10,13-14,16,18-19H,11-12H2,1-5H3/b14-13+/t16-/m0/s1. The van der Waals surface area contributed by atoms with Gasteiger partial charge in [0.25, 0.3) is 0 Å². The second kappa shape index (κ2) is 8.56. The number of aryl methyl sites for hydroxylation is 1. The van der Waals surface area contributed by atoms with E-state index in [1.54, 1.807) is 6.26 Å². The van der Waals surface area contributed by atoms with E-state index >= 15 is 0 Å². The zero-order valence-corrected chi connectivity index (χ0v) is 15.5. The summed E-state index contributed by atoms with van der Waals surface area (Å²) in [5.74, 6) is 0. The molecule has 0 aromatic heterocycles. The summed E-state index contributed by atoms with van der Waals surface area (Å²) in [5.41, 5.74) is 1.31. The van der Waals surface area contributed by atoms with Crippen LogP contribution in [-0.2, 0) is 15.5 Å². The third-order valence-corrected chi connectivity index (χ3v) is 8.78. The highest BCUT2D eigenvalue weighted by atomic mass is 28.4. The largest absolute Gasteiger partial charge is 0.545 e. The van der Waals surface area contributed by atoms with Crippen LogP contribution >= 0.6 is 0 Å². The molecule has 0 bridgehead atoms. The lowest BCUT2D eigenvalue weighted by atomic mass is 10.1. The molecule has 1 aromatic rings. The van der Waals surface area contributed by atoms with E-state index in [1.807, 2.05) is 12.1 Å². The molecule has 122 valence electrons. The molecular formula is C17H29BO3Si. The van der Waals surface area contributed by atoms with Crippen molar-refractivity contribution in [3.8, 4) is 0 Å². The minimum Gasteiger partial charge on any atom is -0.545 e. The van der Waals surface area contributed by atoms with Gasteiger partial charge in [-0.1, -0.05) is 51.1 Å². The maximum Gasteiger partial charge on any atom is 0.503 e. The van der Waals surface area contributed by atoms with Gasteiger partial charge in [0.2, 0.25) is 0 Å². The summed E-state index contributed by atoms with van der Waals surface area (Å²) in [6.45, 7) is 11.2. The predicted molar refractivity (Wildman–Crippen MR) is 96.4 cm³/mol. The van der Waals surface area contributed by atoms with Crippen molar-refractivity contribution >= 4 is 16.0 Å². The van der Waals surface area contributed by atoms with Crippen molar-refractivity contribution in [2.24, 2.45) is 0 Å². The average Bonchev–Trinajstić information content (AvgIpc) is 2.44. The molecule has 0 heterocycles. The van der Waals surface area contributed by atoms with Crippen molar-refractivity contribution < 1.29 is 14.1 Å². The molecule has 1 atom stereocenters. The van der Waals surface area contributed by atoms with Gasteiger partial charge in [-0.3, -0.25) is 0 Å². The van der Waals surface area contributed by atoms with Gasteiger partial charge in [-0.2, -0.15) is 0 Å². The van der Waals surface area contributed by atoms with Gasteiger partial charge in [-0.25, -0.2) is 0 Å². The van der Waals surface area contributed by atoms with Crippen molar-refractivity contribution in [1.82, 2.24) is 0 Å². The second-order valence-corrected chi connectivity index (χ2v) is 11.8. The Morgan fingerprint density at radius 1 is 1.23 bits per heavy atom. The first-order chi connectivity index (χ1) is 10.3. The summed E-state index contributed by atoms with van der Waals surface area (Å²) in [6.07, 6.45) is 5.33. The Kier molecular flexibility index (Phi) is 7.39. The summed E-state index contributed by atoms with van der Waals surface area (Å²) < 4.78 is 11.4. The number of benzene rings is 1. The van der Waals surface area contributed by atoms with Crippen molar-refractivity contribution in [3.05, 3.63) is 48.2 Å². The first-order valence-corrected chi connectivity index (χ1v) is 10.8. The fraction of sp³-hybridized carbons (Fsp3) is 0.529. The van der Waals surface area contributed by atoms with Crippen LogP contribution in [0.25, 0.3) is 0 Å². The third kappa shape index (κ3) is 6.38. The molecule has 5 heteroatoms. The molecule has 0 aliphatic rings. The Morgan fingerprint density at radius 3 is 2.41 bits per heavy atom. The van der Waals surface area contributed by atoms with Gasteiger partial charge >= 0.3 is 7.69 Å². The van der Waals surface area contributed by atoms with Crippen LogP contribution in [0.15, 0.2) is 42.7 Å². The lowest BCUT2D eigenvalue weighted by Crippen LogP contribution is -2.43. The number of hydrogen-bond acceptors (Lipinski definition) is 3. The molecule has 3 nitrogen and oxygen atoms in total. The number of rotatable bonds is 8. The van der Waals surface area contributed by atoms with Gasteiger partial charge in [0, 0.05) is 0 Å². The molecule has 1 N–H and O–H groups in total. The minimum atomic E-state index is -1.84. The van der Waals surface area contributed by atoms with Crippen LogP contribution in [0.3, 0.4) is 0 Å². The Hall–Kier alpha value is -1.04. The zero-order valence-electron chi connectivity index (χ0n) is 14.5. The monoisotopic (exact) mass is 320 g/mol. The minimum absolute atomic E-state index is 0.00708. The summed E-state index contributed by atoms with van der Waals surface area (Å²) >= 11 is 0. The normalized spacial score (nSPS) is 14.1. The molecule has 0 unspecified atom stereocenters. The van der Waals surface area contributed by atoms with E-state index in [0.717, 1.165) is 12.8 Å². The first-order valence-electron chi connectivity index (χ1n) is 7.87. The van der Waals surface area contributed by atoms with Crippen LogP contribution < -0.4 is 0 Å². The highest BCUT2D eigenvalue weighted by Crippen LogP contribution is 2.37. The predicted octanol–water partition coefficient (Wildman–Crippen LogP) is 3.80. The van der Waals surface area contributed by atoms with Gasteiger partial charge in [-0.05, 0) is 42.6 Å². The number of hydrogen-bond donors (Lipinski definition) is 1. The summed E-state index contributed by atoms with van der Waals surface area (Å²) in [6, 6.07) is 10.4. The van der Waals surface area contributed by atoms with Gasteiger partial charge in [-0.15, -0.1) is 0 Å². The Labute approximate surface area is 136 Å². The topological polar surface area (TPSA) is 38.7 Å². The molecule has 0 spiro atoms. The highest BCUT2D eigenvalue weighted by molar-refractivity contribution is 6.74. The highest BCUT2D eigenvalue weighted by Gasteiger charge is 2.38. The Bertz CT molecular complexity index is 455. The molecular weight excluding hydrogens is 291 g/mol. The van der Waals surface area contributed by atoms with Gasteiger partial charge in [0.05, 0.1) is 12.4 Å². The first kappa shape index (κ1) is 19.0. The average molecular weight is 320 g/mol. The van der Waals surface area contributed by atoms with Crippen molar-refractivity contribution in [2.75, 3.05) is 0 Å². The lowest BCUT2D eigenvalue weighted by molar-refractivity contribution is 0.212. The molecule has 0 radical (unpaired) electrons. The van der Waals surface area contributed by atoms with Crippen molar-refractivity contribution in [2.45, 2.75) is 57.8 Å². The van der Waals surface area contributed by atoms with E-state index in [1.165, 1.54) is 5.56 Å². The quantitative estimate of drug-likeness (QED) is 0.585. The van der Waals surface area contributed by atoms with Crippen LogP contribution in [-0.4, -0.2) is 27.1 Å². The summed E-state index contributed by atoms with van der Waals surface area (Å²) in [5, 5.41) is 8.91. The smallest absolute Gasteiger partial charge is 0.503 e. The zero-order chi connectivity index (χ0) is 16.6. The molecule has 0 fully saturated rings. The van der Waals surface area contributed by atoms with Crippen LogP contribution in [0, 0.1) is 0 Å². The Morgan fingerprint density at radius 2 is 1.86 bits per heavy atom. The van der Waals surface area contributed by atoms with Crippen LogP contribution in [0.2, 0.25) is 18.1 Å². The molecule has 0 aliphatic heterocycles. The summed E-state index contributed by atoms with van der Waals surface area (Å²) in [7, 11) is -2.14. The van der Waals surface area contributed by atoms with Crippen LogP contribution in [0.1, 0.15) is 32.8 Å². The van der Waals surface area contributed by atoms with Crippen molar-refractivity contribution in [3.63, 3.8) is 0 Å². The van der Waals surface area contributed by atoms with Crippen LogP contribution in [0.4, 0.5) is 0 Å². The molecule has 0 saturated heterocycles. The summed E-state index contributed by atoms with van der Waals surface area (Å²) in [4.78, 5) is 0. The molecule has 0 aliphatic carbocycles. The maximum atomic E-state index is 8.74. The molecule has 22 heavy (non-hydrogen) atoms. The fourth-order valence-corrected chi connectivity index (χ4v) is 3.20. The lowest BCUT2D eigenvalue weighted by Gasteiger charge is -2.38. The van der Waals surface area contributed by atoms with Crippen LogP contribution in [0.5, 0.6) is 0 Å². The molecule has 0 amide bonds. The third-order valence-electron chi connectivity index (χ3n) is 4.28. The van der Waals surface area contributed by atoms with Gasteiger partial charge in [0.1, 0.15) is 0 Å². The molecule has 1 aromatic carbocycles. The van der Waals surface area contributed by atoms with E-state index in [4.69, 9.17) is 14.1 Å². The second-order valence-electron chi connectivity index (χ2n) is 7.07. The maximum absolute atomic E-state index is 8.74. The van der Waals surface area contributed by atoms with E-state index < -0.39 is 8.32 Å². The van der Waals surface area contributed by atoms with Crippen molar-refractivity contribution in [1.29, 1.82) is 0 Å². The van der Waals surface area contributed by atoms with Gasteiger partial charge < -0.3 is 14.1 Å².